The van der Waals surface area contributed by atoms with E-state index in [1.165, 1.54) is 23.9 Å². The zero-order valence-corrected chi connectivity index (χ0v) is 14.4. The van der Waals surface area contributed by atoms with Gasteiger partial charge in [-0.3, -0.25) is 4.79 Å². The fourth-order valence-electron chi connectivity index (χ4n) is 2.25. The van der Waals surface area contributed by atoms with E-state index in [-0.39, 0.29) is 17.8 Å². The first kappa shape index (κ1) is 17.5. The molecule has 2 aromatic rings. The van der Waals surface area contributed by atoms with Gasteiger partial charge in [0.25, 0.3) is 0 Å². The van der Waals surface area contributed by atoms with Crippen LogP contribution >= 0.6 is 11.8 Å². The summed E-state index contributed by atoms with van der Waals surface area (Å²) in [6.45, 7) is 4.78. The number of rotatable bonds is 7. The summed E-state index contributed by atoms with van der Waals surface area (Å²) in [5.41, 5.74) is 1.13. The summed E-state index contributed by atoms with van der Waals surface area (Å²) in [5, 5.41) is 0. The number of hydrogen-bond acceptors (Lipinski definition) is 2. The monoisotopic (exact) mass is 331 g/mol. The van der Waals surface area contributed by atoms with Crippen molar-refractivity contribution in [3.8, 4) is 0 Å². The molecule has 1 amide bonds. The van der Waals surface area contributed by atoms with E-state index in [1.807, 2.05) is 35.2 Å². The molecular formula is C19H22FNOS. The minimum absolute atomic E-state index is 0.109. The van der Waals surface area contributed by atoms with Gasteiger partial charge in [0.2, 0.25) is 5.91 Å². The molecule has 0 aliphatic heterocycles. The van der Waals surface area contributed by atoms with Gasteiger partial charge >= 0.3 is 0 Å². The number of thioether (sulfide) groups is 1. The maximum atomic E-state index is 12.9. The summed E-state index contributed by atoms with van der Waals surface area (Å²) in [4.78, 5) is 15.4. The molecule has 2 rings (SSSR count). The summed E-state index contributed by atoms with van der Waals surface area (Å²) in [6, 6.07) is 16.5. The zero-order valence-electron chi connectivity index (χ0n) is 13.5. The number of amides is 1. The summed E-state index contributed by atoms with van der Waals surface area (Å²) >= 11 is 1.45. The SMILES string of the molecule is CCC(C)N(Cc1ccccc1)C(=O)CSc1ccc(F)cc1. The van der Waals surface area contributed by atoms with Gasteiger partial charge in [-0.1, -0.05) is 37.3 Å². The molecule has 2 nitrogen and oxygen atoms in total. The second-order valence-electron chi connectivity index (χ2n) is 5.51. The number of carbonyl (C=O) groups is 1. The predicted octanol–water partition coefficient (Wildman–Crippen LogP) is 4.75. The molecule has 23 heavy (non-hydrogen) atoms. The highest BCUT2D eigenvalue weighted by molar-refractivity contribution is 8.00. The average Bonchev–Trinajstić information content (AvgIpc) is 2.59. The summed E-state index contributed by atoms with van der Waals surface area (Å²) in [5.74, 6) is 0.214. The Bertz CT molecular complexity index is 615. The average molecular weight is 331 g/mol. The van der Waals surface area contributed by atoms with Crippen LogP contribution in [0.1, 0.15) is 25.8 Å². The Morgan fingerprint density at radius 3 is 2.39 bits per heavy atom. The smallest absolute Gasteiger partial charge is 0.233 e. The van der Waals surface area contributed by atoms with Crippen LogP contribution in [-0.2, 0) is 11.3 Å². The number of carbonyl (C=O) groups excluding carboxylic acids is 1. The highest BCUT2D eigenvalue weighted by Crippen LogP contribution is 2.20. The fourth-order valence-corrected chi connectivity index (χ4v) is 3.03. The summed E-state index contributed by atoms with van der Waals surface area (Å²) in [6.07, 6.45) is 0.916. The second kappa shape index (κ2) is 8.73. The van der Waals surface area contributed by atoms with Gasteiger partial charge in [0.1, 0.15) is 5.82 Å². The van der Waals surface area contributed by atoms with E-state index < -0.39 is 0 Å². The third-order valence-electron chi connectivity index (χ3n) is 3.81. The Kier molecular flexibility index (Phi) is 6.66. The van der Waals surface area contributed by atoms with Gasteiger partial charge in [0.15, 0.2) is 0 Å². The fraction of sp³-hybridized carbons (Fsp3) is 0.316. The molecule has 0 radical (unpaired) electrons. The molecule has 0 heterocycles. The van der Waals surface area contributed by atoms with E-state index in [1.54, 1.807) is 12.1 Å². The van der Waals surface area contributed by atoms with Gasteiger partial charge in [-0.15, -0.1) is 11.8 Å². The van der Waals surface area contributed by atoms with Gasteiger partial charge in [-0.05, 0) is 43.2 Å². The van der Waals surface area contributed by atoms with Gasteiger partial charge in [0, 0.05) is 17.5 Å². The Labute approximate surface area is 141 Å². The third kappa shape index (κ3) is 5.39. The van der Waals surface area contributed by atoms with Crippen molar-refractivity contribution in [2.45, 2.75) is 37.8 Å². The number of hydrogen-bond donors (Lipinski definition) is 0. The van der Waals surface area contributed by atoms with Crippen molar-refractivity contribution in [1.82, 2.24) is 4.90 Å². The topological polar surface area (TPSA) is 20.3 Å². The zero-order chi connectivity index (χ0) is 16.7. The Morgan fingerprint density at radius 1 is 1.13 bits per heavy atom. The Hall–Kier alpha value is -1.81. The molecule has 4 heteroatoms. The largest absolute Gasteiger partial charge is 0.335 e. The van der Waals surface area contributed by atoms with Crippen molar-refractivity contribution in [1.29, 1.82) is 0 Å². The minimum Gasteiger partial charge on any atom is -0.335 e. The van der Waals surface area contributed by atoms with E-state index in [2.05, 4.69) is 13.8 Å². The molecule has 2 aromatic carbocycles. The first-order valence-electron chi connectivity index (χ1n) is 7.82. The number of benzene rings is 2. The molecule has 0 spiro atoms. The van der Waals surface area contributed by atoms with Crippen molar-refractivity contribution < 1.29 is 9.18 Å². The maximum Gasteiger partial charge on any atom is 0.233 e. The van der Waals surface area contributed by atoms with Crippen LogP contribution in [0.4, 0.5) is 4.39 Å². The maximum absolute atomic E-state index is 12.9. The van der Waals surface area contributed by atoms with E-state index in [4.69, 9.17) is 0 Å². The molecule has 0 aliphatic carbocycles. The molecule has 0 bridgehead atoms. The predicted molar refractivity (Wildman–Crippen MR) is 93.9 cm³/mol. The number of nitrogens with zero attached hydrogens (tertiary/aromatic N) is 1. The highest BCUT2D eigenvalue weighted by Gasteiger charge is 2.19. The van der Waals surface area contributed by atoms with E-state index in [0.29, 0.717) is 12.3 Å². The van der Waals surface area contributed by atoms with Crippen LogP contribution in [0.2, 0.25) is 0 Å². The number of halogens is 1. The standard InChI is InChI=1S/C19H22FNOS/c1-3-15(2)21(13-16-7-5-4-6-8-16)19(22)14-23-18-11-9-17(20)10-12-18/h4-12,15H,3,13-14H2,1-2H3. The molecule has 1 unspecified atom stereocenters. The normalized spacial score (nSPS) is 12.0. The molecule has 0 N–H and O–H groups in total. The molecule has 122 valence electrons. The lowest BCUT2D eigenvalue weighted by molar-refractivity contribution is -0.131. The molecule has 1 atom stereocenters. The Balaban J connectivity index is 2.00. The summed E-state index contributed by atoms with van der Waals surface area (Å²) in [7, 11) is 0. The van der Waals surface area contributed by atoms with Gasteiger partial charge < -0.3 is 4.90 Å². The lowest BCUT2D eigenvalue weighted by atomic mass is 10.1. The van der Waals surface area contributed by atoms with E-state index in [0.717, 1.165) is 16.9 Å². The molecular weight excluding hydrogens is 309 g/mol. The quantitative estimate of drug-likeness (QED) is 0.683. The molecule has 0 aliphatic rings. The van der Waals surface area contributed by atoms with E-state index in [9.17, 15) is 9.18 Å². The molecule has 0 fully saturated rings. The van der Waals surface area contributed by atoms with Crippen LogP contribution in [0.25, 0.3) is 0 Å². The first-order chi connectivity index (χ1) is 11.1. The second-order valence-corrected chi connectivity index (χ2v) is 6.56. The molecule has 0 aromatic heterocycles. The molecule has 0 saturated heterocycles. The van der Waals surface area contributed by atoms with Crippen LogP contribution in [0.15, 0.2) is 59.5 Å². The first-order valence-corrected chi connectivity index (χ1v) is 8.80. The third-order valence-corrected chi connectivity index (χ3v) is 4.81. The van der Waals surface area contributed by atoms with Crippen molar-refractivity contribution in [2.24, 2.45) is 0 Å². The van der Waals surface area contributed by atoms with Crippen LogP contribution in [0.5, 0.6) is 0 Å². The van der Waals surface area contributed by atoms with Crippen molar-refractivity contribution in [3.05, 3.63) is 66.0 Å². The van der Waals surface area contributed by atoms with Crippen LogP contribution in [-0.4, -0.2) is 22.6 Å². The molecule has 0 saturated carbocycles. The lowest BCUT2D eigenvalue weighted by Gasteiger charge is -2.28. The van der Waals surface area contributed by atoms with E-state index >= 15 is 0 Å². The highest BCUT2D eigenvalue weighted by atomic mass is 32.2. The minimum atomic E-state index is -0.258. The van der Waals surface area contributed by atoms with Crippen molar-refractivity contribution in [2.75, 3.05) is 5.75 Å². The van der Waals surface area contributed by atoms with Crippen molar-refractivity contribution >= 4 is 17.7 Å². The van der Waals surface area contributed by atoms with Gasteiger partial charge in [0.05, 0.1) is 5.75 Å². The van der Waals surface area contributed by atoms with Crippen LogP contribution in [0.3, 0.4) is 0 Å². The Morgan fingerprint density at radius 2 is 1.78 bits per heavy atom. The van der Waals surface area contributed by atoms with Gasteiger partial charge in [-0.2, -0.15) is 0 Å². The lowest BCUT2D eigenvalue weighted by Crippen LogP contribution is -2.38. The van der Waals surface area contributed by atoms with Crippen LogP contribution in [0, 0.1) is 5.82 Å². The van der Waals surface area contributed by atoms with Crippen LogP contribution < -0.4 is 0 Å². The van der Waals surface area contributed by atoms with Crippen molar-refractivity contribution in [3.63, 3.8) is 0 Å². The van der Waals surface area contributed by atoms with Gasteiger partial charge in [-0.25, -0.2) is 4.39 Å². The summed E-state index contributed by atoms with van der Waals surface area (Å²) < 4.78 is 12.9.